The number of unbranched alkanes of at least 4 members (excludes halogenated alkanes) is 2. The van der Waals surface area contributed by atoms with E-state index in [-0.39, 0.29) is 22.7 Å². The van der Waals surface area contributed by atoms with Crippen LogP contribution in [0.15, 0.2) is 22.2 Å². The predicted octanol–water partition coefficient (Wildman–Crippen LogP) is 3.10. The van der Waals surface area contributed by atoms with Crippen molar-refractivity contribution in [3.63, 3.8) is 0 Å². The molecule has 0 saturated heterocycles. The number of carbonyl (C=O) groups is 1. The maximum Gasteiger partial charge on any atom is 0.220 e. The van der Waals surface area contributed by atoms with E-state index in [1.54, 1.807) is 0 Å². The summed E-state index contributed by atoms with van der Waals surface area (Å²) >= 11 is 7.22. The highest BCUT2D eigenvalue weighted by Crippen LogP contribution is 2.31. The smallest absolute Gasteiger partial charge is 0.220 e. The van der Waals surface area contributed by atoms with Gasteiger partial charge in [-0.15, -0.1) is 0 Å². The van der Waals surface area contributed by atoms with Gasteiger partial charge in [-0.3, -0.25) is 10.2 Å². The van der Waals surface area contributed by atoms with E-state index in [0.717, 1.165) is 35.7 Å². The zero-order valence-electron chi connectivity index (χ0n) is 15.1. The number of nitrogens with two attached hydrogens (primary N) is 2. The van der Waals surface area contributed by atoms with Gasteiger partial charge in [0, 0.05) is 30.5 Å². The maximum absolute atomic E-state index is 12.0. The van der Waals surface area contributed by atoms with Gasteiger partial charge >= 0.3 is 0 Å². The summed E-state index contributed by atoms with van der Waals surface area (Å²) in [6.07, 6.45) is 9.52. The van der Waals surface area contributed by atoms with Crippen LogP contribution in [-0.2, 0) is 9.53 Å². The first-order chi connectivity index (χ1) is 12.4. The van der Waals surface area contributed by atoms with E-state index in [0.29, 0.717) is 39.0 Å². The van der Waals surface area contributed by atoms with Crippen molar-refractivity contribution in [1.29, 1.82) is 5.41 Å². The lowest BCUT2D eigenvalue weighted by molar-refractivity contribution is -0.121. The Bertz CT molecular complexity index is 523. The van der Waals surface area contributed by atoms with Gasteiger partial charge in [0.25, 0.3) is 0 Å². The van der Waals surface area contributed by atoms with Gasteiger partial charge in [-0.05, 0) is 43.9 Å². The Labute approximate surface area is 172 Å². The molecule has 148 valence electrons. The molecule has 0 aromatic carbocycles. The summed E-state index contributed by atoms with van der Waals surface area (Å²) in [7, 11) is 0. The van der Waals surface area contributed by atoms with Crippen LogP contribution < -0.4 is 16.8 Å². The van der Waals surface area contributed by atoms with Gasteiger partial charge in [0.05, 0.1) is 10.7 Å². The van der Waals surface area contributed by atoms with Crippen LogP contribution >= 0.6 is 31.9 Å². The van der Waals surface area contributed by atoms with Crippen LogP contribution in [0.25, 0.3) is 0 Å². The molecule has 0 spiro atoms. The Kier molecular flexibility index (Phi) is 12.1. The molecule has 0 aliphatic heterocycles. The molecular formula is C18H30Br2N4O2. The van der Waals surface area contributed by atoms with Crippen molar-refractivity contribution in [2.75, 3.05) is 19.7 Å². The van der Waals surface area contributed by atoms with E-state index < -0.39 is 0 Å². The Morgan fingerprint density at radius 2 is 2.04 bits per heavy atom. The van der Waals surface area contributed by atoms with E-state index >= 15 is 0 Å². The van der Waals surface area contributed by atoms with Crippen molar-refractivity contribution < 1.29 is 9.53 Å². The van der Waals surface area contributed by atoms with Crippen molar-refractivity contribution in [1.82, 2.24) is 5.32 Å². The van der Waals surface area contributed by atoms with Crippen molar-refractivity contribution in [3.8, 4) is 0 Å². The van der Waals surface area contributed by atoms with Gasteiger partial charge in [-0.25, -0.2) is 0 Å². The number of hydrogen-bond donors (Lipinski definition) is 4. The maximum atomic E-state index is 12.0. The van der Waals surface area contributed by atoms with Crippen LogP contribution in [-0.4, -0.2) is 42.4 Å². The van der Waals surface area contributed by atoms with Crippen LogP contribution in [0.2, 0.25) is 0 Å². The molecule has 8 heteroatoms. The molecule has 0 bridgehead atoms. The second-order valence-corrected chi connectivity index (χ2v) is 8.31. The fourth-order valence-corrected chi connectivity index (χ4v) is 4.41. The molecule has 1 rings (SSSR count). The lowest BCUT2D eigenvalue weighted by Crippen LogP contribution is -2.27. The van der Waals surface area contributed by atoms with Crippen LogP contribution in [0.1, 0.15) is 44.9 Å². The molecular weight excluding hydrogens is 464 g/mol. The van der Waals surface area contributed by atoms with E-state index in [1.165, 1.54) is 0 Å². The number of halogens is 2. The minimum Gasteiger partial charge on any atom is -0.388 e. The molecule has 1 amide bonds. The number of amidine groups is 1. The molecule has 0 saturated carbocycles. The van der Waals surface area contributed by atoms with E-state index in [4.69, 9.17) is 21.6 Å². The molecule has 1 aliphatic rings. The predicted molar refractivity (Wildman–Crippen MR) is 114 cm³/mol. The van der Waals surface area contributed by atoms with Gasteiger partial charge in [-0.2, -0.15) is 0 Å². The van der Waals surface area contributed by atoms with E-state index in [2.05, 4.69) is 43.3 Å². The third-order valence-electron chi connectivity index (χ3n) is 3.99. The third kappa shape index (κ3) is 9.85. The molecule has 2 unspecified atom stereocenters. The summed E-state index contributed by atoms with van der Waals surface area (Å²) in [6.45, 7) is 1.92. The summed E-state index contributed by atoms with van der Waals surface area (Å²) < 4.78 is 6.82. The van der Waals surface area contributed by atoms with Gasteiger partial charge in [-0.1, -0.05) is 44.4 Å². The number of allylic oxidation sites excluding steroid dienone is 2. The zero-order valence-corrected chi connectivity index (χ0v) is 18.3. The minimum atomic E-state index is -0.0471. The number of nitrogens with one attached hydrogen (secondary N) is 2. The first-order valence-corrected chi connectivity index (χ1v) is 10.8. The first kappa shape index (κ1) is 23.3. The minimum absolute atomic E-state index is 0.0471. The molecule has 26 heavy (non-hydrogen) atoms. The lowest BCUT2D eigenvalue weighted by atomic mass is 10.0. The summed E-state index contributed by atoms with van der Waals surface area (Å²) in [5.41, 5.74) is 11.9. The Morgan fingerprint density at radius 1 is 1.27 bits per heavy atom. The summed E-state index contributed by atoms with van der Waals surface area (Å²) in [5, 5.41) is 10.1. The van der Waals surface area contributed by atoms with Gasteiger partial charge in [0.2, 0.25) is 5.91 Å². The number of amides is 1. The molecule has 0 aromatic rings. The average molecular weight is 494 g/mol. The van der Waals surface area contributed by atoms with Crippen LogP contribution in [0.4, 0.5) is 0 Å². The van der Waals surface area contributed by atoms with Crippen LogP contribution in [0.3, 0.4) is 0 Å². The van der Waals surface area contributed by atoms with Crippen LogP contribution in [0.5, 0.6) is 0 Å². The van der Waals surface area contributed by atoms with Crippen LogP contribution in [0, 0.1) is 5.41 Å². The van der Waals surface area contributed by atoms with Crippen molar-refractivity contribution in [2.24, 2.45) is 11.5 Å². The molecule has 6 nitrogen and oxygen atoms in total. The normalized spacial score (nSPS) is 19.7. The second-order valence-electron chi connectivity index (χ2n) is 6.33. The highest BCUT2D eigenvalue weighted by atomic mass is 79.9. The number of ether oxygens (including phenoxy) is 1. The number of alkyl halides is 1. The fourth-order valence-electron chi connectivity index (χ4n) is 2.56. The summed E-state index contributed by atoms with van der Waals surface area (Å²) in [6, 6.07) is 0. The van der Waals surface area contributed by atoms with E-state index in [9.17, 15) is 4.79 Å². The quantitative estimate of drug-likeness (QED) is 0.136. The van der Waals surface area contributed by atoms with Gasteiger partial charge in [0.15, 0.2) is 0 Å². The molecule has 0 radical (unpaired) electrons. The molecule has 0 heterocycles. The van der Waals surface area contributed by atoms with Crippen molar-refractivity contribution >= 4 is 43.6 Å². The van der Waals surface area contributed by atoms with Gasteiger partial charge < -0.3 is 21.5 Å². The first-order valence-electron chi connectivity index (χ1n) is 9.07. The number of rotatable bonds is 13. The van der Waals surface area contributed by atoms with Gasteiger partial charge in [0.1, 0.15) is 6.10 Å². The topological polar surface area (TPSA) is 114 Å². The Hall–Kier alpha value is -0.700. The highest BCUT2D eigenvalue weighted by Gasteiger charge is 2.25. The fraction of sp³-hybridized carbons (Fsp3) is 0.667. The standard InChI is InChI=1S/C18H30Br2N4O2/c19-14-11-13(12-15(20)18(14)26-10-4-8-21)6-7-17(25)24-9-3-1-2-5-16(22)23/h11-12,14,18H,1-10,21H2,(H3,22,23)(H,24,25). The monoisotopic (exact) mass is 492 g/mol. The third-order valence-corrected chi connectivity index (χ3v) is 5.41. The molecule has 0 fully saturated rings. The molecule has 6 N–H and O–H groups in total. The highest BCUT2D eigenvalue weighted by molar-refractivity contribution is 9.12. The van der Waals surface area contributed by atoms with E-state index in [1.807, 2.05) is 6.08 Å². The summed E-state index contributed by atoms with van der Waals surface area (Å²) in [5.74, 6) is 0.292. The number of hydrogen-bond acceptors (Lipinski definition) is 4. The second kappa shape index (κ2) is 13.5. The Morgan fingerprint density at radius 3 is 2.69 bits per heavy atom. The molecule has 0 aromatic heterocycles. The molecule has 1 aliphatic carbocycles. The van der Waals surface area contributed by atoms with Crippen molar-refractivity contribution in [2.45, 2.75) is 55.9 Å². The largest absolute Gasteiger partial charge is 0.388 e. The van der Waals surface area contributed by atoms with Crippen molar-refractivity contribution in [3.05, 3.63) is 22.2 Å². The lowest BCUT2D eigenvalue weighted by Gasteiger charge is -2.25. The average Bonchev–Trinajstić information content (AvgIpc) is 2.58. The summed E-state index contributed by atoms with van der Waals surface area (Å²) in [4.78, 5) is 12.0. The Balaban J connectivity index is 2.24. The molecule has 2 atom stereocenters. The SMILES string of the molecule is N=C(N)CCCCCNC(=O)CCC1=CC(Br)C(OCCCN)C(Br)=C1. The number of carbonyl (C=O) groups excluding carboxylic acids is 1. The zero-order chi connectivity index (χ0) is 19.4.